The van der Waals surface area contributed by atoms with Gasteiger partial charge in [-0.05, 0) is 32.4 Å². The zero-order valence-corrected chi connectivity index (χ0v) is 20.6. The van der Waals surface area contributed by atoms with Crippen molar-refractivity contribution in [2.45, 2.75) is 63.2 Å². The van der Waals surface area contributed by atoms with Gasteiger partial charge < -0.3 is 24.8 Å². The summed E-state index contributed by atoms with van der Waals surface area (Å²) in [6.07, 6.45) is -1.00. The average molecular weight is 523 g/mol. The summed E-state index contributed by atoms with van der Waals surface area (Å²) in [5.74, 6) is -3.16. The molecule has 0 amide bonds. The minimum Gasteiger partial charge on any atom is -0.479 e. The molecule has 0 radical (unpaired) electrons. The molecule has 1 fully saturated rings. The fourth-order valence-corrected chi connectivity index (χ4v) is 4.29. The minimum absolute atomic E-state index is 0.0425. The molecule has 12 nitrogen and oxygen atoms in total. The molecule has 0 aliphatic carbocycles. The lowest BCUT2D eigenvalue weighted by molar-refractivity contribution is -0.212. The number of carboxylic acids is 1. The lowest BCUT2D eigenvalue weighted by atomic mass is 9.90. The van der Waals surface area contributed by atoms with Crippen molar-refractivity contribution in [3.05, 3.63) is 47.4 Å². The Labute approximate surface area is 210 Å². The Kier molecular flexibility index (Phi) is 7.37. The Bertz CT molecular complexity index is 1280. The number of aliphatic hydroxyl groups is 2. The van der Waals surface area contributed by atoms with Crippen LogP contribution in [0.2, 0.25) is 0 Å². The number of aliphatic carboxylic acids is 1. The molecule has 3 heterocycles. The quantitative estimate of drug-likeness (QED) is 0.388. The fraction of sp³-hybridized carbons (Fsp3) is 0.522. The third-order valence-electron chi connectivity index (χ3n) is 6.65. The van der Waals surface area contributed by atoms with Crippen LogP contribution >= 0.6 is 0 Å². The normalized spacial score (nSPS) is 24.4. The molecule has 200 valence electrons. The summed E-state index contributed by atoms with van der Waals surface area (Å²) < 4.78 is 42.7. The number of methoxy groups -OCH3 is 1. The molecule has 2 aromatic heterocycles. The molecule has 0 bridgehead atoms. The number of hydrogen-bond donors (Lipinski definition) is 3. The van der Waals surface area contributed by atoms with E-state index < -0.39 is 60.2 Å². The number of halogens is 2. The Morgan fingerprint density at radius 3 is 2.54 bits per heavy atom. The second-order valence-electron chi connectivity index (χ2n) is 9.44. The summed E-state index contributed by atoms with van der Waals surface area (Å²) in [7, 11) is 1.40. The van der Waals surface area contributed by atoms with Gasteiger partial charge in [0.15, 0.2) is 17.2 Å². The molecule has 0 spiro atoms. The number of carbonyl (C=O) groups is 1. The van der Waals surface area contributed by atoms with Crippen LogP contribution in [0, 0.1) is 18.6 Å². The molecule has 37 heavy (non-hydrogen) atoms. The standard InChI is InChI=1S/C23H28F2N6O6/c1-11-5-6-13(18(25)17(11)24)14-9-30(28-27-14)19-20(33)16(10-32)37-15(21(19)36-4)7-12-8-31(29-26-12)23(2,3)22(34)35/h5-6,8-9,15-16,19-21,32-33H,7,10H2,1-4H3,(H,34,35)/t15-,16-,19+,20+,21+/m1/s1. The Morgan fingerprint density at radius 1 is 1.16 bits per heavy atom. The van der Waals surface area contributed by atoms with Crippen LogP contribution < -0.4 is 0 Å². The number of aryl methyl sites for hydroxylation is 1. The van der Waals surface area contributed by atoms with E-state index in [9.17, 15) is 28.9 Å². The van der Waals surface area contributed by atoms with Crippen LogP contribution in [0.15, 0.2) is 24.5 Å². The molecule has 4 rings (SSSR count). The first-order valence-corrected chi connectivity index (χ1v) is 11.5. The highest BCUT2D eigenvalue weighted by atomic mass is 19.2. The van der Waals surface area contributed by atoms with E-state index in [1.165, 1.54) is 61.8 Å². The second kappa shape index (κ2) is 10.2. The van der Waals surface area contributed by atoms with E-state index in [1.54, 1.807) is 0 Å². The zero-order valence-electron chi connectivity index (χ0n) is 20.6. The van der Waals surface area contributed by atoms with Crippen LogP contribution in [0.25, 0.3) is 11.3 Å². The number of carboxylic acid groups (broad SMARTS) is 1. The number of aromatic nitrogens is 6. The fourth-order valence-electron chi connectivity index (χ4n) is 4.29. The molecule has 1 aliphatic rings. The topological polar surface area (TPSA) is 158 Å². The molecule has 0 saturated carbocycles. The van der Waals surface area contributed by atoms with Crippen molar-refractivity contribution in [1.82, 2.24) is 30.0 Å². The summed E-state index contributed by atoms with van der Waals surface area (Å²) in [4.78, 5) is 11.5. The lowest BCUT2D eigenvalue weighted by Crippen LogP contribution is -2.57. The van der Waals surface area contributed by atoms with Gasteiger partial charge in [0, 0.05) is 25.3 Å². The van der Waals surface area contributed by atoms with Gasteiger partial charge >= 0.3 is 5.97 Å². The van der Waals surface area contributed by atoms with Gasteiger partial charge in [-0.1, -0.05) is 16.5 Å². The van der Waals surface area contributed by atoms with E-state index in [0.717, 1.165) is 0 Å². The maximum atomic E-state index is 14.5. The molecule has 1 aliphatic heterocycles. The predicted octanol–water partition coefficient (Wildman–Crippen LogP) is 0.862. The number of benzene rings is 1. The first kappa shape index (κ1) is 26.7. The number of aliphatic hydroxyl groups excluding tert-OH is 2. The largest absolute Gasteiger partial charge is 0.479 e. The van der Waals surface area contributed by atoms with Gasteiger partial charge in [-0.15, -0.1) is 10.2 Å². The molecule has 14 heteroatoms. The minimum atomic E-state index is -1.34. The highest BCUT2D eigenvalue weighted by molar-refractivity contribution is 5.75. The molecular formula is C23H28F2N6O6. The van der Waals surface area contributed by atoms with Crippen LogP contribution in [-0.2, 0) is 26.2 Å². The van der Waals surface area contributed by atoms with E-state index in [1.807, 2.05) is 0 Å². The Morgan fingerprint density at radius 2 is 1.89 bits per heavy atom. The van der Waals surface area contributed by atoms with Gasteiger partial charge in [0.05, 0.1) is 24.6 Å². The van der Waals surface area contributed by atoms with Crippen molar-refractivity contribution < 1.29 is 38.4 Å². The molecule has 1 aromatic carbocycles. The third kappa shape index (κ3) is 4.84. The van der Waals surface area contributed by atoms with Gasteiger partial charge in [-0.25, -0.2) is 22.9 Å². The first-order chi connectivity index (χ1) is 17.5. The number of rotatable bonds is 8. The van der Waals surface area contributed by atoms with Crippen molar-refractivity contribution in [2.75, 3.05) is 13.7 Å². The number of nitrogens with zero attached hydrogens (tertiary/aromatic N) is 6. The summed E-state index contributed by atoms with van der Waals surface area (Å²) in [5.41, 5.74) is -0.860. The summed E-state index contributed by atoms with van der Waals surface area (Å²) in [6.45, 7) is 3.86. The maximum Gasteiger partial charge on any atom is 0.331 e. The van der Waals surface area contributed by atoms with Gasteiger partial charge in [-0.3, -0.25) is 0 Å². The monoisotopic (exact) mass is 522 g/mol. The van der Waals surface area contributed by atoms with Gasteiger partial charge in [0.25, 0.3) is 0 Å². The molecule has 3 aromatic rings. The molecule has 1 saturated heterocycles. The molecule has 5 atom stereocenters. The average Bonchev–Trinajstić information content (AvgIpc) is 3.53. The SMILES string of the molecule is CO[C@@H]1[C@@H](n2cc(-c3ccc(C)c(F)c3F)nn2)[C@@H](O)[C@@H](CO)O[C@@H]1Cc1cn(C(C)(C)C(=O)O)nn1. The van der Waals surface area contributed by atoms with E-state index in [0.29, 0.717) is 5.69 Å². The Balaban J connectivity index is 1.65. The van der Waals surface area contributed by atoms with Crippen LogP contribution in [0.3, 0.4) is 0 Å². The van der Waals surface area contributed by atoms with E-state index in [-0.39, 0.29) is 23.2 Å². The lowest BCUT2D eigenvalue weighted by Gasteiger charge is -2.43. The van der Waals surface area contributed by atoms with Gasteiger partial charge in [0.1, 0.15) is 30.0 Å². The highest BCUT2D eigenvalue weighted by Crippen LogP contribution is 2.34. The zero-order chi connectivity index (χ0) is 27.1. The van der Waals surface area contributed by atoms with Crippen molar-refractivity contribution in [3.63, 3.8) is 0 Å². The van der Waals surface area contributed by atoms with Crippen molar-refractivity contribution >= 4 is 5.97 Å². The third-order valence-corrected chi connectivity index (χ3v) is 6.65. The Hall–Kier alpha value is -3.33. The van der Waals surface area contributed by atoms with Crippen LogP contribution in [-0.4, -0.2) is 89.4 Å². The summed E-state index contributed by atoms with van der Waals surface area (Å²) >= 11 is 0. The predicted molar refractivity (Wildman–Crippen MR) is 122 cm³/mol. The highest BCUT2D eigenvalue weighted by Gasteiger charge is 2.47. The number of hydrogen-bond acceptors (Lipinski definition) is 9. The number of ether oxygens (including phenoxy) is 2. The summed E-state index contributed by atoms with van der Waals surface area (Å²) in [6, 6.07) is 1.88. The van der Waals surface area contributed by atoms with E-state index in [2.05, 4.69) is 20.6 Å². The second-order valence-corrected chi connectivity index (χ2v) is 9.44. The van der Waals surface area contributed by atoms with Crippen LogP contribution in [0.5, 0.6) is 0 Å². The molecular weight excluding hydrogens is 494 g/mol. The van der Waals surface area contributed by atoms with Crippen molar-refractivity contribution in [1.29, 1.82) is 0 Å². The van der Waals surface area contributed by atoms with E-state index >= 15 is 0 Å². The van der Waals surface area contributed by atoms with Crippen molar-refractivity contribution in [2.24, 2.45) is 0 Å². The smallest absolute Gasteiger partial charge is 0.331 e. The molecule has 0 unspecified atom stereocenters. The van der Waals surface area contributed by atoms with Crippen LogP contribution in [0.4, 0.5) is 8.78 Å². The van der Waals surface area contributed by atoms with Gasteiger partial charge in [-0.2, -0.15) is 0 Å². The van der Waals surface area contributed by atoms with E-state index in [4.69, 9.17) is 9.47 Å². The van der Waals surface area contributed by atoms with Crippen molar-refractivity contribution in [3.8, 4) is 11.3 Å². The van der Waals surface area contributed by atoms with Gasteiger partial charge in [0.2, 0.25) is 0 Å². The maximum absolute atomic E-state index is 14.5. The molecule has 3 N–H and O–H groups in total. The summed E-state index contributed by atoms with van der Waals surface area (Å²) in [5, 5.41) is 46.2. The van der Waals surface area contributed by atoms with Crippen LogP contribution in [0.1, 0.15) is 31.1 Å². The first-order valence-electron chi connectivity index (χ1n) is 11.5.